The van der Waals surface area contributed by atoms with Crippen LogP contribution in [0.3, 0.4) is 0 Å². The highest BCUT2D eigenvalue weighted by atomic mass is 35.5. The molecule has 2 heterocycles. The van der Waals surface area contributed by atoms with Gasteiger partial charge >= 0.3 is 0 Å². The minimum absolute atomic E-state index is 0.0279. The second kappa shape index (κ2) is 8.53. The molecule has 3 aromatic rings. The molecule has 27 heavy (non-hydrogen) atoms. The lowest BCUT2D eigenvalue weighted by Crippen LogP contribution is -2.28. The van der Waals surface area contributed by atoms with Gasteiger partial charge in [0.2, 0.25) is 5.91 Å². The van der Waals surface area contributed by atoms with Crippen molar-refractivity contribution in [3.05, 3.63) is 58.9 Å². The van der Waals surface area contributed by atoms with E-state index >= 15 is 0 Å². The van der Waals surface area contributed by atoms with E-state index < -0.39 is 0 Å². The molecule has 0 spiro atoms. The third-order valence-corrected chi connectivity index (χ3v) is 4.95. The molecule has 0 saturated carbocycles. The van der Waals surface area contributed by atoms with Gasteiger partial charge in [-0.3, -0.25) is 9.18 Å². The number of aromatic nitrogens is 2. The van der Waals surface area contributed by atoms with Crippen molar-refractivity contribution in [3.63, 3.8) is 0 Å². The van der Waals surface area contributed by atoms with Crippen LogP contribution in [0.1, 0.15) is 24.6 Å². The predicted molar refractivity (Wildman–Crippen MR) is 107 cm³/mol. The first-order chi connectivity index (χ1) is 13.0. The molecule has 142 valence electrons. The summed E-state index contributed by atoms with van der Waals surface area (Å²) in [7, 11) is 1.79. The standard InChI is InChI=1S/C21H23ClFN3O/c1-3-25(2)20(27)13-18-21(24-19-11-10-17(22)14-26(18)19)16-8-6-15(7-9-16)5-4-12-23/h6-11,14H,3-5,12-13H2,1-2H3. The van der Waals surface area contributed by atoms with Gasteiger partial charge < -0.3 is 9.30 Å². The number of imidazole rings is 1. The molecule has 4 nitrogen and oxygen atoms in total. The van der Waals surface area contributed by atoms with Crippen LogP contribution in [0, 0.1) is 0 Å². The molecule has 0 atom stereocenters. The van der Waals surface area contributed by atoms with Crippen molar-refractivity contribution >= 4 is 23.2 Å². The molecule has 0 aliphatic heterocycles. The summed E-state index contributed by atoms with van der Waals surface area (Å²) in [4.78, 5) is 19.0. The molecule has 0 aliphatic rings. The molecule has 0 bridgehead atoms. The van der Waals surface area contributed by atoms with Crippen molar-refractivity contribution in [3.8, 4) is 11.3 Å². The lowest BCUT2D eigenvalue weighted by molar-refractivity contribution is -0.129. The van der Waals surface area contributed by atoms with E-state index in [4.69, 9.17) is 16.6 Å². The zero-order valence-electron chi connectivity index (χ0n) is 15.6. The van der Waals surface area contributed by atoms with Crippen molar-refractivity contribution < 1.29 is 9.18 Å². The minimum Gasteiger partial charge on any atom is -0.346 e. The predicted octanol–water partition coefficient (Wildman–Crippen LogP) is 4.58. The number of hydrogen-bond acceptors (Lipinski definition) is 2. The number of halogens is 2. The van der Waals surface area contributed by atoms with Gasteiger partial charge in [0.15, 0.2) is 0 Å². The number of rotatable bonds is 7. The van der Waals surface area contributed by atoms with Gasteiger partial charge in [-0.25, -0.2) is 4.98 Å². The summed E-state index contributed by atoms with van der Waals surface area (Å²) in [6.45, 7) is 2.28. The van der Waals surface area contributed by atoms with Gasteiger partial charge in [0.25, 0.3) is 0 Å². The van der Waals surface area contributed by atoms with Gasteiger partial charge in [0.05, 0.1) is 29.5 Å². The summed E-state index contributed by atoms with van der Waals surface area (Å²) in [5.74, 6) is 0.0279. The summed E-state index contributed by atoms with van der Waals surface area (Å²) in [6, 6.07) is 11.6. The van der Waals surface area contributed by atoms with Crippen LogP contribution in [0.2, 0.25) is 5.02 Å². The SMILES string of the molecule is CCN(C)C(=O)Cc1c(-c2ccc(CCCF)cc2)nc2ccc(Cl)cn12. The van der Waals surface area contributed by atoms with Gasteiger partial charge in [-0.2, -0.15) is 0 Å². The zero-order valence-corrected chi connectivity index (χ0v) is 16.3. The fourth-order valence-corrected chi connectivity index (χ4v) is 3.18. The van der Waals surface area contributed by atoms with Crippen LogP contribution in [0.15, 0.2) is 42.6 Å². The van der Waals surface area contributed by atoms with Crippen LogP contribution >= 0.6 is 11.6 Å². The van der Waals surface area contributed by atoms with Crippen molar-refractivity contribution in [2.24, 2.45) is 0 Å². The monoisotopic (exact) mass is 387 g/mol. The van der Waals surface area contributed by atoms with E-state index in [-0.39, 0.29) is 19.0 Å². The first-order valence-electron chi connectivity index (χ1n) is 9.09. The average Bonchev–Trinajstić information content (AvgIpc) is 3.03. The number of hydrogen-bond donors (Lipinski definition) is 0. The molecule has 0 aliphatic carbocycles. The van der Waals surface area contributed by atoms with E-state index in [0.717, 1.165) is 28.2 Å². The fraction of sp³-hybridized carbons (Fsp3) is 0.333. The number of nitrogens with zero attached hydrogens (tertiary/aromatic N) is 3. The van der Waals surface area contributed by atoms with Crippen molar-refractivity contribution in [2.75, 3.05) is 20.3 Å². The van der Waals surface area contributed by atoms with E-state index in [0.29, 0.717) is 24.4 Å². The number of likely N-dealkylation sites (N-methyl/N-ethyl adjacent to an activating group) is 1. The third kappa shape index (κ3) is 4.30. The van der Waals surface area contributed by atoms with Crippen molar-refractivity contribution in [1.29, 1.82) is 0 Å². The Morgan fingerprint density at radius 1 is 1.22 bits per heavy atom. The highest BCUT2D eigenvalue weighted by molar-refractivity contribution is 6.30. The van der Waals surface area contributed by atoms with Crippen molar-refractivity contribution in [1.82, 2.24) is 14.3 Å². The summed E-state index contributed by atoms with van der Waals surface area (Å²) in [6.07, 6.45) is 3.27. The van der Waals surface area contributed by atoms with Crippen LogP contribution in [0.5, 0.6) is 0 Å². The van der Waals surface area contributed by atoms with Crippen molar-refractivity contribution in [2.45, 2.75) is 26.2 Å². The van der Waals surface area contributed by atoms with E-state index in [1.807, 2.05) is 41.7 Å². The lowest BCUT2D eigenvalue weighted by atomic mass is 10.0. The Kier molecular flexibility index (Phi) is 6.11. The average molecular weight is 388 g/mol. The van der Waals surface area contributed by atoms with E-state index in [1.165, 1.54) is 0 Å². The largest absolute Gasteiger partial charge is 0.346 e. The van der Waals surface area contributed by atoms with E-state index in [1.54, 1.807) is 24.2 Å². The summed E-state index contributed by atoms with van der Waals surface area (Å²) < 4.78 is 14.3. The Hall–Kier alpha value is -2.40. The molecule has 3 rings (SSSR count). The van der Waals surface area contributed by atoms with Crippen LogP contribution in [-0.2, 0) is 17.6 Å². The maximum absolute atomic E-state index is 12.5. The fourth-order valence-electron chi connectivity index (χ4n) is 3.02. The Balaban J connectivity index is 2.03. The molecule has 0 saturated heterocycles. The number of benzene rings is 1. The molecule has 0 fully saturated rings. The van der Waals surface area contributed by atoms with Crippen LogP contribution in [0.4, 0.5) is 4.39 Å². The second-order valence-corrected chi connectivity index (χ2v) is 6.99. The molecule has 6 heteroatoms. The Bertz CT molecular complexity index is 936. The summed E-state index contributed by atoms with van der Waals surface area (Å²) >= 11 is 6.17. The first kappa shape index (κ1) is 19.4. The zero-order chi connectivity index (χ0) is 19.4. The Morgan fingerprint density at radius 3 is 2.63 bits per heavy atom. The lowest BCUT2D eigenvalue weighted by Gasteiger charge is -2.15. The third-order valence-electron chi connectivity index (χ3n) is 4.73. The van der Waals surface area contributed by atoms with Gasteiger partial charge in [0.1, 0.15) is 5.65 Å². The van der Waals surface area contributed by atoms with Gasteiger partial charge in [-0.15, -0.1) is 0 Å². The number of alkyl halides is 1. The minimum atomic E-state index is -0.313. The quantitative estimate of drug-likeness (QED) is 0.595. The number of pyridine rings is 1. The van der Waals surface area contributed by atoms with Gasteiger partial charge in [-0.05, 0) is 37.5 Å². The molecule has 0 unspecified atom stereocenters. The van der Waals surface area contributed by atoms with Crippen LogP contribution < -0.4 is 0 Å². The van der Waals surface area contributed by atoms with E-state index in [9.17, 15) is 9.18 Å². The summed E-state index contributed by atoms with van der Waals surface area (Å²) in [5.41, 5.74) is 4.35. The normalized spacial score (nSPS) is 11.1. The molecular formula is C21H23ClFN3O. The highest BCUT2D eigenvalue weighted by Crippen LogP contribution is 2.27. The molecular weight excluding hydrogens is 365 g/mol. The second-order valence-electron chi connectivity index (χ2n) is 6.56. The maximum Gasteiger partial charge on any atom is 0.228 e. The smallest absolute Gasteiger partial charge is 0.228 e. The number of carbonyl (C=O) groups is 1. The van der Waals surface area contributed by atoms with Gasteiger partial charge in [0, 0.05) is 25.4 Å². The number of aryl methyl sites for hydroxylation is 1. The molecule has 2 aromatic heterocycles. The maximum atomic E-state index is 12.5. The van der Waals surface area contributed by atoms with E-state index in [2.05, 4.69) is 0 Å². The molecule has 1 aromatic carbocycles. The molecule has 0 radical (unpaired) electrons. The van der Waals surface area contributed by atoms with Crippen LogP contribution in [-0.4, -0.2) is 40.5 Å². The summed E-state index contributed by atoms with van der Waals surface area (Å²) in [5, 5.41) is 0.588. The topological polar surface area (TPSA) is 37.6 Å². The Morgan fingerprint density at radius 2 is 1.96 bits per heavy atom. The number of amides is 1. The number of fused-ring (bicyclic) bond motifs is 1. The first-order valence-corrected chi connectivity index (χ1v) is 9.47. The van der Waals surface area contributed by atoms with Crippen LogP contribution in [0.25, 0.3) is 16.9 Å². The number of carbonyl (C=O) groups excluding carboxylic acids is 1. The molecule has 0 N–H and O–H groups in total. The molecule has 1 amide bonds. The van der Waals surface area contributed by atoms with Gasteiger partial charge in [-0.1, -0.05) is 35.9 Å². The Labute approximate surface area is 163 Å². The highest BCUT2D eigenvalue weighted by Gasteiger charge is 2.19.